The van der Waals surface area contributed by atoms with Crippen molar-refractivity contribution >= 4 is 21.7 Å². The Bertz CT molecular complexity index is 786. The van der Waals surface area contributed by atoms with Crippen LogP contribution in [0.3, 0.4) is 0 Å². The third-order valence-electron chi connectivity index (χ3n) is 3.64. The number of aliphatic imine (C=N–C) groups is 1. The fourth-order valence-corrected chi connectivity index (χ4v) is 3.05. The van der Waals surface area contributed by atoms with Crippen molar-refractivity contribution in [1.29, 1.82) is 0 Å². The average molecular weight is 401 g/mol. The van der Waals surface area contributed by atoms with E-state index in [1.54, 1.807) is 7.05 Å². The second kappa shape index (κ2) is 9.68. The van der Waals surface area contributed by atoms with E-state index in [0.717, 1.165) is 6.26 Å². The number of sulfone groups is 1. The van der Waals surface area contributed by atoms with Crippen molar-refractivity contribution in [2.45, 2.75) is 33.1 Å². The second-order valence-corrected chi connectivity index (χ2v) is 9.48. The van der Waals surface area contributed by atoms with E-state index in [1.807, 2.05) is 20.8 Å². The minimum absolute atomic E-state index is 0.0441. The van der Waals surface area contributed by atoms with Crippen LogP contribution < -0.4 is 16.0 Å². The fourth-order valence-electron chi connectivity index (χ4n) is 2.20. The summed E-state index contributed by atoms with van der Waals surface area (Å²) in [4.78, 5) is 15.9. The van der Waals surface area contributed by atoms with Gasteiger partial charge in [-0.1, -0.05) is 26.8 Å². The number of rotatable bonds is 7. The van der Waals surface area contributed by atoms with Crippen molar-refractivity contribution in [3.8, 4) is 0 Å². The molecular formula is C18H29FN4O3S. The maximum atomic E-state index is 13.5. The number of benzene rings is 1. The van der Waals surface area contributed by atoms with Gasteiger partial charge in [0, 0.05) is 38.4 Å². The van der Waals surface area contributed by atoms with E-state index in [2.05, 4.69) is 20.9 Å². The molecule has 0 aromatic heterocycles. The molecule has 7 nitrogen and oxygen atoms in total. The number of carbonyl (C=O) groups is 1. The molecule has 3 N–H and O–H groups in total. The Morgan fingerprint density at radius 2 is 1.74 bits per heavy atom. The largest absolute Gasteiger partial charge is 0.355 e. The SMILES string of the molecule is CN=C(NCCNC(=O)C(C)(C)C)NCc1cc(F)ccc1CS(C)(=O)=O. The van der Waals surface area contributed by atoms with Gasteiger partial charge in [0.15, 0.2) is 15.8 Å². The molecule has 0 aliphatic heterocycles. The number of hydrogen-bond acceptors (Lipinski definition) is 4. The lowest BCUT2D eigenvalue weighted by atomic mass is 9.96. The lowest BCUT2D eigenvalue weighted by molar-refractivity contribution is -0.128. The highest BCUT2D eigenvalue weighted by molar-refractivity contribution is 7.89. The molecule has 1 aromatic rings. The molecule has 0 aliphatic carbocycles. The van der Waals surface area contributed by atoms with E-state index < -0.39 is 21.1 Å². The number of halogens is 1. The van der Waals surface area contributed by atoms with Gasteiger partial charge in [0.2, 0.25) is 5.91 Å². The summed E-state index contributed by atoms with van der Waals surface area (Å²) in [7, 11) is -1.64. The standard InChI is InChI=1S/C18H29FN4O3S/c1-18(2,3)16(24)21-8-9-22-17(20-4)23-11-14-10-15(19)7-6-13(14)12-27(5,25)26/h6-7,10H,8-9,11-12H2,1-5H3,(H,21,24)(H2,20,22,23). The molecule has 1 aromatic carbocycles. The van der Waals surface area contributed by atoms with E-state index in [0.29, 0.717) is 30.2 Å². The van der Waals surface area contributed by atoms with Crippen molar-refractivity contribution in [3.05, 3.63) is 35.1 Å². The van der Waals surface area contributed by atoms with Gasteiger partial charge in [-0.05, 0) is 23.3 Å². The summed E-state index contributed by atoms with van der Waals surface area (Å²) in [5.41, 5.74) is 0.636. The van der Waals surface area contributed by atoms with Crippen molar-refractivity contribution in [3.63, 3.8) is 0 Å². The first-order valence-corrected chi connectivity index (χ1v) is 10.7. The number of nitrogens with one attached hydrogen (secondary N) is 3. The Morgan fingerprint density at radius 3 is 2.30 bits per heavy atom. The Labute approximate surface area is 160 Å². The molecule has 0 fully saturated rings. The predicted molar refractivity (Wildman–Crippen MR) is 106 cm³/mol. The molecule has 1 amide bonds. The van der Waals surface area contributed by atoms with Crippen LogP contribution in [0.4, 0.5) is 4.39 Å². The van der Waals surface area contributed by atoms with Crippen molar-refractivity contribution < 1.29 is 17.6 Å². The van der Waals surface area contributed by atoms with Crippen LogP contribution in [0.2, 0.25) is 0 Å². The second-order valence-electron chi connectivity index (χ2n) is 7.34. The molecule has 0 unspecified atom stereocenters. The molecule has 0 saturated carbocycles. The summed E-state index contributed by atoms with van der Waals surface area (Å²) >= 11 is 0. The van der Waals surface area contributed by atoms with Gasteiger partial charge in [-0.2, -0.15) is 0 Å². The third kappa shape index (κ3) is 8.85. The normalized spacial score (nSPS) is 12.6. The minimum Gasteiger partial charge on any atom is -0.355 e. The fraction of sp³-hybridized carbons (Fsp3) is 0.556. The van der Waals surface area contributed by atoms with Crippen LogP contribution in [0, 0.1) is 11.2 Å². The number of amides is 1. The number of hydrogen-bond donors (Lipinski definition) is 3. The van der Waals surface area contributed by atoms with Gasteiger partial charge < -0.3 is 16.0 Å². The Morgan fingerprint density at radius 1 is 1.11 bits per heavy atom. The quantitative estimate of drug-likeness (QED) is 0.363. The van der Waals surface area contributed by atoms with Gasteiger partial charge in [0.1, 0.15) is 5.82 Å². The molecule has 0 aliphatic rings. The van der Waals surface area contributed by atoms with Gasteiger partial charge in [-0.3, -0.25) is 9.79 Å². The molecule has 0 atom stereocenters. The Kier molecular flexibility index (Phi) is 8.20. The first-order chi connectivity index (χ1) is 12.4. The molecule has 9 heteroatoms. The third-order valence-corrected chi connectivity index (χ3v) is 4.48. The zero-order valence-corrected chi connectivity index (χ0v) is 17.3. The molecule has 0 saturated heterocycles. The topological polar surface area (TPSA) is 99.7 Å². The average Bonchev–Trinajstić information content (AvgIpc) is 2.54. The van der Waals surface area contributed by atoms with E-state index in [1.165, 1.54) is 18.2 Å². The van der Waals surface area contributed by atoms with E-state index in [4.69, 9.17) is 0 Å². The van der Waals surface area contributed by atoms with Crippen LogP contribution in [0.5, 0.6) is 0 Å². The van der Waals surface area contributed by atoms with Crippen LogP contribution in [-0.2, 0) is 26.9 Å². The molecule has 0 heterocycles. The Hall–Kier alpha value is -2.16. The van der Waals surface area contributed by atoms with Crippen LogP contribution in [0.1, 0.15) is 31.9 Å². The molecule has 0 spiro atoms. The zero-order chi connectivity index (χ0) is 20.7. The van der Waals surface area contributed by atoms with Gasteiger partial charge in [0.05, 0.1) is 5.75 Å². The van der Waals surface area contributed by atoms with Gasteiger partial charge in [-0.25, -0.2) is 12.8 Å². The van der Waals surface area contributed by atoms with Crippen molar-refractivity contribution in [2.75, 3.05) is 26.4 Å². The lowest BCUT2D eigenvalue weighted by Crippen LogP contribution is -2.43. The first-order valence-electron chi connectivity index (χ1n) is 8.60. The summed E-state index contributed by atoms with van der Waals surface area (Å²) in [6.07, 6.45) is 1.14. The minimum atomic E-state index is -3.23. The molecule has 152 valence electrons. The first kappa shape index (κ1) is 22.9. The van der Waals surface area contributed by atoms with Crippen molar-refractivity contribution in [1.82, 2.24) is 16.0 Å². The number of guanidine groups is 1. The van der Waals surface area contributed by atoms with E-state index >= 15 is 0 Å². The molecular weight excluding hydrogens is 371 g/mol. The van der Waals surface area contributed by atoms with Crippen molar-refractivity contribution in [2.24, 2.45) is 10.4 Å². The van der Waals surface area contributed by atoms with Crippen LogP contribution in [0.25, 0.3) is 0 Å². The van der Waals surface area contributed by atoms with Gasteiger partial charge in [0.25, 0.3) is 0 Å². The lowest BCUT2D eigenvalue weighted by Gasteiger charge is -2.18. The number of nitrogens with zero attached hydrogens (tertiary/aromatic N) is 1. The zero-order valence-electron chi connectivity index (χ0n) is 16.5. The Balaban J connectivity index is 2.60. The van der Waals surface area contributed by atoms with Gasteiger partial charge >= 0.3 is 0 Å². The summed E-state index contributed by atoms with van der Waals surface area (Å²) in [5, 5.41) is 8.88. The predicted octanol–water partition coefficient (Wildman–Crippen LogP) is 1.20. The summed E-state index contributed by atoms with van der Waals surface area (Å²) in [5.74, 6) is -0.168. The maximum absolute atomic E-state index is 13.5. The highest BCUT2D eigenvalue weighted by Gasteiger charge is 2.20. The molecule has 1 rings (SSSR count). The summed E-state index contributed by atoms with van der Waals surface area (Å²) < 4.78 is 36.6. The van der Waals surface area contributed by atoms with E-state index in [9.17, 15) is 17.6 Å². The molecule has 0 bridgehead atoms. The van der Waals surface area contributed by atoms with E-state index in [-0.39, 0.29) is 18.2 Å². The maximum Gasteiger partial charge on any atom is 0.225 e. The van der Waals surface area contributed by atoms with Crippen LogP contribution in [-0.4, -0.2) is 46.7 Å². The highest BCUT2D eigenvalue weighted by Crippen LogP contribution is 2.14. The number of carbonyl (C=O) groups excluding carboxylic acids is 1. The van der Waals surface area contributed by atoms with Crippen LogP contribution >= 0.6 is 0 Å². The van der Waals surface area contributed by atoms with Crippen LogP contribution in [0.15, 0.2) is 23.2 Å². The van der Waals surface area contributed by atoms with Gasteiger partial charge in [-0.15, -0.1) is 0 Å². The monoisotopic (exact) mass is 400 g/mol. The highest BCUT2D eigenvalue weighted by atomic mass is 32.2. The molecule has 27 heavy (non-hydrogen) atoms. The molecule has 0 radical (unpaired) electrons. The summed E-state index contributed by atoms with van der Waals surface area (Å²) in [6, 6.07) is 4.03. The summed E-state index contributed by atoms with van der Waals surface area (Å²) in [6.45, 7) is 6.61. The smallest absolute Gasteiger partial charge is 0.225 e.